The first-order valence-electron chi connectivity index (χ1n) is 9.53. The quantitative estimate of drug-likeness (QED) is 0.605. The van der Waals surface area contributed by atoms with Gasteiger partial charge in [-0.05, 0) is 36.8 Å². The zero-order valence-electron chi connectivity index (χ0n) is 16.0. The molecule has 0 radical (unpaired) electrons. The monoisotopic (exact) mass is 383 g/mol. The lowest BCUT2D eigenvalue weighted by atomic mass is 10.0. The molecule has 7 heteroatoms. The fourth-order valence-corrected chi connectivity index (χ4v) is 3.70. The third-order valence-corrected chi connectivity index (χ3v) is 5.05. The summed E-state index contributed by atoms with van der Waals surface area (Å²) in [6.45, 7) is 3.61. The minimum Gasteiger partial charge on any atom is -0.472 e. The molecule has 7 nitrogen and oxygen atoms in total. The van der Waals surface area contributed by atoms with Gasteiger partial charge in [0.25, 0.3) is 5.91 Å². The number of fused-ring (bicyclic) bond motifs is 1. The van der Waals surface area contributed by atoms with Gasteiger partial charge < -0.3 is 23.5 Å². The van der Waals surface area contributed by atoms with Gasteiger partial charge in [-0.25, -0.2) is 0 Å². The molecule has 1 aliphatic rings. The van der Waals surface area contributed by atoms with Crippen molar-refractivity contribution in [2.75, 3.05) is 26.8 Å². The first-order chi connectivity index (χ1) is 13.8. The van der Waals surface area contributed by atoms with Crippen molar-refractivity contribution in [3.63, 3.8) is 0 Å². The summed E-state index contributed by atoms with van der Waals surface area (Å²) in [6, 6.07) is 9.93. The van der Waals surface area contributed by atoms with Crippen molar-refractivity contribution < 1.29 is 18.4 Å². The van der Waals surface area contributed by atoms with Crippen molar-refractivity contribution in [2.24, 2.45) is 0 Å². The van der Waals surface area contributed by atoms with E-state index in [2.05, 4.69) is 33.1 Å². The van der Waals surface area contributed by atoms with Crippen molar-refractivity contribution in [2.45, 2.75) is 25.6 Å². The lowest BCUT2D eigenvalue weighted by Gasteiger charge is -2.36. The molecule has 1 amide bonds. The summed E-state index contributed by atoms with van der Waals surface area (Å²) in [5.41, 5.74) is 2.35. The predicted octanol–water partition coefficient (Wildman–Crippen LogP) is 3.05. The summed E-state index contributed by atoms with van der Waals surface area (Å²) in [6.07, 6.45) is 6.38. The van der Waals surface area contributed by atoms with Gasteiger partial charge in [0.15, 0.2) is 5.76 Å². The molecule has 0 saturated heterocycles. The Morgan fingerprint density at radius 1 is 1.29 bits per heavy atom. The average Bonchev–Trinajstić information content (AvgIpc) is 3.46. The van der Waals surface area contributed by atoms with Gasteiger partial charge in [0.05, 0.1) is 25.1 Å². The Morgan fingerprint density at radius 3 is 3.04 bits per heavy atom. The Hall–Kier alpha value is -2.77. The maximum absolute atomic E-state index is 12.2. The topological polar surface area (TPSA) is 72.8 Å². The molecule has 3 aromatic heterocycles. The van der Waals surface area contributed by atoms with Gasteiger partial charge in [-0.15, -0.1) is 0 Å². The summed E-state index contributed by atoms with van der Waals surface area (Å²) < 4.78 is 18.4. The molecule has 0 spiro atoms. The van der Waals surface area contributed by atoms with Crippen LogP contribution in [0.4, 0.5) is 0 Å². The van der Waals surface area contributed by atoms with E-state index in [4.69, 9.17) is 13.6 Å². The highest BCUT2D eigenvalue weighted by Gasteiger charge is 2.30. The Balaban J connectivity index is 1.45. The minimum atomic E-state index is -0.193. The molecule has 0 fully saturated rings. The van der Waals surface area contributed by atoms with Crippen LogP contribution in [0, 0.1) is 0 Å². The number of amides is 1. The molecular weight excluding hydrogens is 358 g/mol. The van der Waals surface area contributed by atoms with E-state index >= 15 is 0 Å². The first-order valence-corrected chi connectivity index (χ1v) is 9.53. The summed E-state index contributed by atoms with van der Waals surface area (Å²) in [4.78, 5) is 14.6. The maximum Gasteiger partial charge on any atom is 0.286 e. The SMILES string of the molecule is COCCCNC(=O)c1ccc(CN2CCn3cccc3C2c2ccoc2)o1. The van der Waals surface area contributed by atoms with Crippen LogP contribution in [0.2, 0.25) is 0 Å². The summed E-state index contributed by atoms with van der Waals surface area (Å²) in [5.74, 6) is 0.921. The van der Waals surface area contributed by atoms with Gasteiger partial charge in [0, 0.05) is 50.8 Å². The van der Waals surface area contributed by atoms with Crippen LogP contribution in [0.3, 0.4) is 0 Å². The second kappa shape index (κ2) is 8.50. The number of carbonyl (C=O) groups excluding carboxylic acids is 1. The lowest BCUT2D eigenvalue weighted by Crippen LogP contribution is -2.37. The van der Waals surface area contributed by atoms with Crippen LogP contribution < -0.4 is 5.32 Å². The van der Waals surface area contributed by atoms with Crippen LogP contribution in [0.25, 0.3) is 0 Å². The van der Waals surface area contributed by atoms with Gasteiger partial charge in [-0.3, -0.25) is 9.69 Å². The fourth-order valence-electron chi connectivity index (χ4n) is 3.70. The van der Waals surface area contributed by atoms with Crippen LogP contribution in [0.5, 0.6) is 0 Å². The number of hydrogen-bond acceptors (Lipinski definition) is 5. The Labute approximate surface area is 163 Å². The van der Waals surface area contributed by atoms with Crippen molar-refractivity contribution >= 4 is 5.91 Å². The van der Waals surface area contributed by atoms with Crippen LogP contribution >= 0.6 is 0 Å². The zero-order valence-corrected chi connectivity index (χ0v) is 16.0. The molecule has 3 aromatic rings. The van der Waals surface area contributed by atoms with E-state index in [0.717, 1.165) is 30.8 Å². The minimum absolute atomic E-state index is 0.0962. The van der Waals surface area contributed by atoms with Gasteiger partial charge in [-0.2, -0.15) is 0 Å². The number of nitrogens with zero attached hydrogens (tertiary/aromatic N) is 2. The fraction of sp³-hybridized carbons (Fsp3) is 0.381. The molecule has 1 aliphatic heterocycles. The van der Waals surface area contributed by atoms with E-state index in [0.29, 0.717) is 25.5 Å². The molecule has 4 heterocycles. The van der Waals surface area contributed by atoms with Crippen LogP contribution in [0.1, 0.15) is 40.0 Å². The number of methoxy groups -OCH3 is 1. The van der Waals surface area contributed by atoms with Gasteiger partial charge >= 0.3 is 0 Å². The van der Waals surface area contributed by atoms with E-state index in [1.54, 1.807) is 25.7 Å². The van der Waals surface area contributed by atoms with E-state index in [9.17, 15) is 4.79 Å². The van der Waals surface area contributed by atoms with E-state index < -0.39 is 0 Å². The Kier molecular flexibility index (Phi) is 5.64. The molecule has 0 saturated carbocycles. The van der Waals surface area contributed by atoms with Crippen LogP contribution in [0.15, 0.2) is 57.9 Å². The maximum atomic E-state index is 12.2. The zero-order chi connectivity index (χ0) is 19.3. The summed E-state index contributed by atoms with van der Waals surface area (Å²) in [7, 11) is 1.65. The van der Waals surface area contributed by atoms with Crippen molar-refractivity contribution in [1.29, 1.82) is 0 Å². The number of nitrogens with one attached hydrogen (secondary N) is 1. The molecule has 0 aromatic carbocycles. The molecule has 1 unspecified atom stereocenters. The second-order valence-electron chi connectivity index (χ2n) is 6.92. The number of aromatic nitrogens is 1. The largest absolute Gasteiger partial charge is 0.472 e. The van der Waals surface area contributed by atoms with Crippen LogP contribution in [-0.2, 0) is 17.8 Å². The first kappa shape index (κ1) is 18.6. The standard InChI is InChI=1S/C21H25N3O4/c1-26-12-3-8-22-21(25)19-6-5-17(28-19)14-24-11-10-23-9-2-4-18(23)20(24)16-7-13-27-15-16/h2,4-7,9,13,15,20H,3,8,10-12,14H2,1H3,(H,22,25). The highest BCUT2D eigenvalue weighted by atomic mass is 16.5. The highest BCUT2D eigenvalue weighted by molar-refractivity contribution is 5.91. The van der Waals surface area contributed by atoms with Crippen LogP contribution in [-0.4, -0.2) is 42.2 Å². The number of rotatable bonds is 8. The smallest absolute Gasteiger partial charge is 0.286 e. The van der Waals surface area contributed by atoms with Crippen molar-refractivity contribution in [3.05, 3.63) is 71.8 Å². The third-order valence-electron chi connectivity index (χ3n) is 5.05. The lowest BCUT2D eigenvalue weighted by molar-refractivity contribution is 0.0914. The molecule has 1 N–H and O–H groups in total. The molecule has 0 aliphatic carbocycles. The number of carbonyl (C=O) groups is 1. The molecular formula is C21H25N3O4. The van der Waals surface area contributed by atoms with Gasteiger partial charge in [0.2, 0.25) is 0 Å². The van der Waals surface area contributed by atoms with E-state index in [1.165, 1.54) is 5.69 Å². The summed E-state index contributed by atoms with van der Waals surface area (Å²) in [5, 5.41) is 2.85. The Morgan fingerprint density at radius 2 is 2.21 bits per heavy atom. The second-order valence-corrected chi connectivity index (χ2v) is 6.92. The van der Waals surface area contributed by atoms with Gasteiger partial charge in [0.1, 0.15) is 5.76 Å². The number of hydrogen-bond donors (Lipinski definition) is 1. The highest BCUT2D eigenvalue weighted by Crippen LogP contribution is 2.33. The molecule has 148 valence electrons. The number of ether oxygens (including phenoxy) is 1. The number of furan rings is 2. The summed E-state index contributed by atoms with van der Waals surface area (Å²) >= 11 is 0. The van der Waals surface area contributed by atoms with Gasteiger partial charge in [-0.1, -0.05) is 0 Å². The van der Waals surface area contributed by atoms with Crippen molar-refractivity contribution in [3.8, 4) is 0 Å². The molecule has 28 heavy (non-hydrogen) atoms. The Bertz CT molecular complexity index is 897. The predicted molar refractivity (Wildman–Crippen MR) is 103 cm³/mol. The van der Waals surface area contributed by atoms with E-state index in [-0.39, 0.29) is 11.9 Å². The normalized spacial score (nSPS) is 16.8. The molecule has 1 atom stereocenters. The third kappa shape index (κ3) is 3.90. The van der Waals surface area contributed by atoms with Crippen molar-refractivity contribution in [1.82, 2.24) is 14.8 Å². The average molecular weight is 383 g/mol. The molecule has 0 bridgehead atoms. The molecule has 4 rings (SSSR count). The van der Waals surface area contributed by atoms with E-state index in [1.807, 2.05) is 12.1 Å².